The quantitative estimate of drug-likeness (QED) is 0.645. The Hall–Kier alpha value is -1.85. The van der Waals surface area contributed by atoms with E-state index in [1.165, 1.54) is 19.2 Å². The molecule has 2 aromatic carbocycles. The van der Waals surface area contributed by atoms with E-state index in [1.807, 2.05) is 0 Å². The van der Waals surface area contributed by atoms with E-state index in [1.54, 1.807) is 36.4 Å². The van der Waals surface area contributed by atoms with Gasteiger partial charge in [0.25, 0.3) is 9.05 Å². The molecule has 0 amide bonds. The maximum Gasteiger partial charge on any atom is 0.337 e. The van der Waals surface area contributed by atoms with Crippen LogP contribution >= 0.6 is 10.7 Å². The Morgan fingerprint density at radius 1 is 0.950 bits per heavy atom. The molecule has 0 radical (unpaired) electrons. The van der Waals surface area contributed by atoms with Crippen molar-refractivity contribution in [1.29, 1.82) is 0 Å². The number of ether oxygens (including phenoxy) is 1. The van der Waals surface area contributed by atoms with Gasteiger partial charge in [0.15, 0.2) is 0 Å². The molecule has 0 saturated heterocycles. The first-order chi connectivity index (χ1) is 9.41. The molecule has 0 spiro atoms. The average molecular weight is 311 g/mol. The predicted molar refractivity (Wildman–Crippen MR) is 76.3 cm³/mol. The summed E-state index contributed by atoms with van der Waals surface area (Å²) in [6.07, 6.45) is 0. The Balaban J connectivity index is 2.31. The fraction of sp³-hybridized carbons (Fsp3) is 0.0714. The maximum atomic E-state index is 11.3. The summed E-state index contributed by atoms with van der Waals surface area (Å²) in [5, 5.41) is 0. The summed E-state index contributed by atoms with van der Waals surface area (Å²) in [5.74, 6) is -0.403. The van der Waals surface area contributed by atoms with Crippen molar-refractivity contribution in [3.8, 4) is 11.1 Å². The van der Waals surface area contributed by atoms with Crippen molar-refractivity contribution in [2.24, 2.45) is 0 Å². The SMILES string of the molecule is COC(=O)c1ccc(-c2ccc(S(=O)(=O)Cl)cc2)cc1. The van der Waals surface area contributed by atoms with Crippen LogP contribution in [0.25, 0.3) is 11.1 Å². The predicted octanol–water partition coefficient (Wildman–Crippen LogP) is 3.07. The Morgan fingerprint density at radius 3 is 1.80 bits per heavy atom. The molecule has 4 nitrogen and oxygen atoms in total. The third-order valence-corrected chi connectivity index (χ3v) is 4.14. The highest BCUT2D eigenvalue weighted by Crippen LogP contribution is 2.23. The fourth-order valence-electron chi connectivity index (χ4n) is 1.73. The number of halogens is 1. The van der Waals surface area contributed by atoms with Gasteiger partial charge < -0.3 is 4.74 Å². The standard InChI is InChI=1S/C14H11ClO4S/c1-19-14(16)12-4-2-10(3-5-12)11-6-8-13(9-7-11)20(15,17)18/h2-9H,1H3. The van der Waals surface area contributed by atoms with Gasteiger partial charge in [-0.05, 0) is 35.4 Å². The molecule has 0 aliphatic rings. The third-order valence-electron chi connectivity index (χ3n) is 2.78. The molecule has 0 bridgehead atoms. The van der Waals surface area contributed by atoms with Gasteiger partial charge >= 0.3 is 5.97 Å². The van der Waals surface area contributed by atoms with Gasteiger partial charge in [-0.25, -0.2) is 13.2 Å². The zero-order valence-corrected chi connectivity index (χ0v) is 12.1. The first-order valence-electron chi connectivity index (χ1n) is 5.65. The molecule has 0 unspecified atom stereocenters. The molecule has 0 aromatic heterocycles. The molecule has 104 valence electrons. The largest absolute Gasteiger partial charge is 0.465 e. The van der Waals surface area contributed by atoms with Gasteiger partial charge in [-0.3, -0.25) is 0 Å². The van der Waals surface area contributed by atoms with Gasteiger partial charge in [-0.1, -0.05) is 24.3 Å². The minimum Gasteiger partial charge on any atom is -0.465 e. The number of carbonyl (C=O) groups is 1. The second kappa shape index (κ2) is 5.64. The summed E-state index contributed by atoms with van der Waals surface area (Å²) >= 11 is 0. The van der Waals surface area contributed by atoms with Gasteiger partial charge in [0.2, 0.25) is 0 Å². The Kier molecular flexibility index (Phi) is 4.11. The van der Waals surface area contributed by atoms with Crippen LogP contribution in [-0.4, -0.2) is 21.5 Å². The van der Waals surface area contributed by atoms with Crippen LogP contribution in [0.4, 0.5) is 0 Å². The Labute approximate surface area is 121 Å². The van der Waals surface area contributed by atoms with Gasteiger partial charge in [0, 0.05) is 10.7 Å². The number of methoxy groups -OCH3 is 1. The lowest BCUT2D eigenvalue weighted by Gasteiger charge is -2.04. The zero-order valence-electron chi connectivity index (χ0n) is 10.5. The summed E-state index contributed by atoms with van der Waals surface area (Å²) in [7, 11) is 2.86. The van der Waals surface area contributed by atoms with Crippen LogP contribution in [0, 0.1) is 0 Å². The lowest BCUT2D eigenvalue weighted by atomic mass is 10.0. The lowest BCUT2D eigenvalue weighted by Crippen LogP contribution is -2.00. The zero-order chi connectivity index (χ0) is 14.8. The van der Waals surface area contributed by atoms with Crippen LogP contribution in [0.5, 0.6) is 0 Å². The summed E-state index contributed by atoms with van der Waals surface area (Å²) in [6.45, 7) is 0. The van der Waals surface area contributed by atoms with Crippen molar-refractivity contribution in [2.45, 2.75) is 4.90 Å². The van der Waals surface area contributed by atoms with Crippen molar-refractivity contribution in [3.05, 3.63) is 54.1 Å². The first kappa shape index (κ1) is 14.6. The van der Waals surface area contributed by atoms with Crippen molar-refractivity contribution < 1.29 is 17.9 Å². The van der Waals surface area contributed by atoms with E-state index in [4.69, 9.17) is 10.7 Å². The van der Waals surface area contributed by atoms with Gasteiger partial charge in [-0.2, -0.15) is 0 Å². The molecule has 6 heteroatoms. The van der Waals surface area contributed by atoms with Gasteiger partial charge in [-0.15, -0.1) is 0 Å². The number of hydrogen-bond acceptors (Lipinski definition) is 4. The molecule has 2 aromatic rings. The molecule has 0 aliphatic heterocycles. The smallest absolute Gasteiger partial charge is 0.337 e. The number of hydrogen-bond donors (Lipinski definition) is 0. The van der Waals surface area contributed by atoms with E-state index in [2.05, 4.69) is 4.74 Å². The Morgan fingerprint density at radius 2 is 1.40 bits per heavy atom. The number of esters is 1. The van der Waals surface area contributed by atoms with Crippen molar-refractivity contribution in [1.82, 2.24) is 0 Å². The minimum atomic E-state index is -3.71. The van der Waals surface area contributed by atoms with Crippen LogP contribution in [0.3, 0.4) is 0 Å². The normalized spacial score (nSPS) is 11.1. The van der Waals surface area contributed by atoms with E-state index in [0.29, 0.717) is 5.56 Å². The summed E-state index contributed by atoms with van der Waals surface area (Å²) in [4.78, 5) is 11.4. The summed E-state index contributed by atoms with van der Waals surface area (Å²) < 4.78 is 26.9. The lowest BCUT2D eigenvalue weighted by molar-refractivity contribution is 0.0601. The molecule has 2 rings (SSSR count). The van der Waals surface area contributed by atoms with E-state index in [-0.39, 0.29) is 4.90 Å². The van der Waals surface area contributed by atoms with Crippen LogP contribution in [0.2, 0.25) is 0 Å². The highest BCUT2D eigenvalue weighted by molar-refractivity contribution is 8.13. The molecule has 0 aliphatic carbocycles. The topological polar surface area (TPSA) is 60.4 Å². The van der Waals surface area contributed by atoms with Crippen molar-refractivity contribution in [3.63, 3.8) is 0 Å². The van der Waals surface area contributed by atoms with Crippen molar-refractivity contribution >= 4 is 25.7 Å². The highest BCUT2D eigenvalue weighted by Gasteiger charge is 2.10. The Bertz CT molecular complexity index is 719. The van der Waals surface area contributed by atoms with E-state index in [9.17, 15) is 13.2 Å². The summed E-state index contributed by atoms with van der Waals surface area (Å²) in [6, 6.07) is 13.0. The average Bonchev–Trinajstić information content (AvgIpc) is 2.46. The van der Waals surface area contributed by atoms with Crippen molar-refractivity contribution in [2.75, 3.05) is 7.11 Å². The molecule has 0 fully saturated rings. The highest BCUT2D eigenvalue weighted by atomic mass is 35.7. The molecule has 0 saturated carbocycles. The fourth-order valence-corrected chi connectivity index (χ4v) is 2.50. The first-order valence-corrected chi connectivity index (χ1v) is 7.96. The molecule has 20 heavy (non-hydrogen) atoms. The number of benzene rings is 2. The van der Waals surface area contributed by atoms with Crippen LogP contribution < -0.4 is 0 Å². The monoisotopic (exact) mass is 310 g/mol. The number of carbonyl (C=O) groups excluding carboxylic acids is 1. The van der Waals surface area contributed by atoms with Crippen LogP contribution in [-0.2, 0) is 13.8 Å². The molecular formula is C14H11ClO4S. The van der Waals surface area contributed by atoms with E-state index >= 15 is 0 Å². The summed E-state index contributed by atoms with van der Waals surface area (Å²) in [5.41, 5.74) is 2.14. The second-order valence-electron chi connectivity index (χ2n) is 4.03. The third kappa shape index (κ3) is 3.18. The number of rotatable bonds is 3. The van der Waals surface area contributed by atoms with E-state index < -0.39 is 15.0 Å². The molecule has 0 atom stereocenters. The van der Waals surface area contributed by atoms with Crippen LogP contribution in [0.15, 0.2) is 53.4 Å². The minimum absolute atomic E-state index is 0.0501. The maximum absolute atomic E-state index is 11.3. The van der Waals surface area contributed by atoms with Crippen LogP contribution in [0.1, 0.15) is 10.4 Å². The van der Waals surface area contributed by atoms with Gasteiger partial charge in [0.05, 0.1) is 17.6 Å². The second-order valence-corrected chi connectivity index (χ2v) is 6.60. The molecular weight excluding hydrogens is 300 g/mol. The van der Waals surface area contributed by atoms with Gasteiger partial charge in [0.1, 0.15) is 0 Å². The van der Waals surface area contributed by atoms with E-state index in [0.717, 1.165) is 11.1 Å². The molecule has 0 heterocycles. The molecule has 0 N–H and O–H groups in total.